The van der Waals surface area contributed by atoms with Gasteiger partial charge in [0.2, 0.25) is 0 Å². The van der Waals surface area contributed by atoms with Gasteiger partial charge in [-0.1, -0.05) is 11.6 Å². The number of aromatic nitrogens is 1. The molecule has 2 nitrogen and oxygen atoms in total. The van der Waals surface area contributed by atoms with Gasteiger partial charge in [0.15, 0.2) is 0 Å². The summed E-state index contributed by atoms with van der Waals surface area (Å²) in [5, 5.41) is 8.80. The molecule has 0 fully saturated rings. The van der Waals surface area contributed by atoms with Crippen LogP contribution in [0.2, 0.25) is 0 Å². The SMILES string of the molecule is CC(C)=C(C#N)c1ccccn1. The Morgan fingerprint density at radius 1 is 1.42 bits per heavy atom. The van der Waals surface area contributed by atoms with Crippen LogP contribution in [0.1, 0.15) is 19.5 Å². The molecule has 0 unspecified atom stereocenters. The molecule has 1 heterocycles. The van der Waals surface area contributed by atoms with E-state index in [1.165, 1.54) is 0 Å². The van der Waals surface area contributed by atoms with Crippen LogP contribution in [-0.4, -0.2) is 4.98 Å². The van der Waals surface area contributed by atoms with Crippen molar-refractivity contribution in [2.24, 2.45) is 0 Å². The minimum Gasteiger partial charge on any atom is -0.256 e. The van der Waals surface area contributed by atoms with Gasteiger partial charge in [-0.05, 0) is 26.0 Å². The normalized spacial score (nSPS) is 8.75. The van der Waals surface area contributed by atoms with Crippen LogP contribution in [0.5, 0.6) is 0 Å². The molecule has 1 aromatic heterocycles. The van der Waals surface area contributed by atoms with E-state index in [0.717, 1.165) is 11.3 Å². The molecule has 0 saturated heterocycles. The molecule has 0 aliphatic heterocycles. The fraction of sp³-hybridized carbons (Fsp3) is 0.200. The summed E-state index contributed by atoms with van der Waals surface area (Å²) in [5.41, 5.74) is 2.41. The molecule has 0 aliphatic rings. The standard InChI is InChI=1S/C10H10N2/c1-8(2)9(7-11)10-5-3-4-6-12-10/h3-6H,1-2H3. The number of allylic oxidation sites excluding steroid dienone is 2. The molecule has 0 radical (unpaired) electrons. The molecule has 0 atom stereocenters. The van der Waals surface area contributed by atoms with E-state index in [2.05, 4.69) is 11.1 Å². The first-order valence-corrected chi connectivity index (χ1v) is 3.74. The minimum absolute atomic E-state index is 0.663. The van der Waals surface area contributed by atoms with Crippen molar-refractivity contribution >= 4 is 5.57 Å². The first kappa shape index (κ1) is 8.48. The highest BCUT2D eigenvalue weighted by molar-refractivity contribution is 5.76. The van der Waals surface area contributed by atoms with Crippen molar-refractivity contribution in [2.45, 2.75) is 13.8 Å². The van der Waals surface area contributed by atoms with Gasteiger partial charge in [0.1, 0.15) is 6.07 Å². The van der Waals surface area contributed by atoms with Crippen molar-refractivity contribution in [1.82, 2.24) is 4.98 Å². The second kappa shape index (κ2) is 3.68. The lowest BCUT2D eigenvalue weighted by Gasteiger charge is -1.98. The Balaban J connectivity index is 3.17. The summed E-state index contributed by atoms with van der Waals surface area (Å²) in [5.74, 6) is 0. The van der Waals surface area contributed by atoms with Crippen LogP contribution < -0.4 is 0 Å². The van der Waals surface area contributed by atoms with Crippen molar-refractivity contribution < 1.29 is 0 Å². The summed E-state index contributed by atoms with van der Waals surface area (Å²) < 4.78 is 0. The lowest BCUT2D eigenvalue weighted by atomic mass is 10.1. The van der Waals surface area contributed by atoms with Crippen molar-refractivity contribution in [3.8, 4) is 6.07 Å². The maximum Gasteiger partial charge on any atom is 0.101 e. The highest BCUT2D eigenvalue weighted by Gasteiger charge is 2.01. The maximum atomic E-state index is 8.80. The number of nitriles is 1. The third-order valence-corrected chi connectivity index (χ3v) is 1.53. The van der Waals surface area contributed by atoms with E-state index in [1.807, 2.05) is 32.0 Å². The van der Waals surface area contributed by atoms with Gasteiger partial charge in [0.05, 0.1) is 11.3 Å². The summed E-state index contributed by atoms with van der Waals surface area (Å²) in [6.45, 7) is 3.82. The van der Waals surface area contributed by atoms with Crippen LogP contribution in [0.3, 0.4) is 0 Å². The van der Waals surface area contributed by atoms with E-state index in [4.69, 9.17) is 5.26 Å². The van der Waals surface area contributed by atoms with E-state index in [0.29, 0.717) is 5.57 Å². The van der Waals surface area contributed by atoms with Gasteiger partial charge in [-0.25, -0.2) is 0 Å². The summed E-state index contributed by atoms with van der Waals surface area (Å²) in [4.78, 5) is 4.09. The van der Waals surface area contributed by atoms with Gasteiger partial charge in [0.25, 0.3) is 0 Å². The summed E-state index contributed by atoms with van der Waals surface area (Å²) in [7, 11) is 0. The highest BCUT2D eigenvalue weighted by atomic mass is 14.7. The molecule has 0 aliphatic carbocycles. The van der Waals surface area contributed by atoms with E-state index in [-0.39, 0.29) is 0 Å². The van der Waals surface area contributed by atoms with Gasteiger partial charge >= 0.3 is 0 Å². The fourth-order valence-corrected chi connectivity index (χ4v) is 0.936. The summed E-state index contributed by atoms with van der Waals surface area (Å²) in [6.07, 6.45) is 1.69. The van der Waals surface area contributed by atoms with Crippen LogP contribution in [-0.2, 0) is 0 Å². The van der Waals surface area contributed by atoms with E-state index >= 15 is 0 Å². The Bertz CT molecular complexity index is 327. The molecule has 0 saturated carbocycles. The van der Waals surface area contributed by atoms with Crippen molar-refractivity contribution in [3.05, 3.63) is 35.7 Å². The van der Waals surface area contributed by atoms with Crippen LogP contribution in [0.25, 0.3) is 5.57 Å². The van der Waals surface area contributed by atoms with Gasteiger partial charge in [0, 0.05) is 6.20 Å². The predicted octanol–water partition coefficient (Wildman–Crippen LogP) is 2.40. The smallest absolute Gasteiger partial charge is 0.101 e. The summed E-state index contributed by atoms with van der Waals surface area (Å²) >= 11 is 0. The quantitative estimate of drug-likeness (QED) is 0.588. The van der Waals surface area contributed by atoms with Crippen LogP contribution in [0.4, 0.5) is 0 Å². The second-order valence-corrected chi connectivity index (χ2v) is 2.70. The first-order valence-electron chi connectivity index (χ1n) is 3.74. The predicted molar refractivity (Wildman–Crippen MR) is 48.1 cm³/mol. The molecule has 0 bridgehead atoms. The Morgan fingerprint density at radius 2 is 2.17 bits per heavy atom. The molecule has 12 heavy (non-hydrogen) atoms. The molecule has 2 heteroatoms. The monoisotopic (exact) mass is 158 g/mol. The first-order chi connectivity index (χ1) is 5.75. The largest absolute Gasteiger partial charge is 0.256 e. The third kappa shape index (κ3) is 1.70. The number of hydrogen-bond donors (Lipinski definition) is 0. The lowest BCUT2D eigenvalue weighted by molar-refractivity contribution is 1.26. The topological polar surface area (TPSA) is 36.7 Å². The number of nitrogens with zero attached hydrogens (tertiary/aromatic N) is 2. The average Bonchev–Trinajstić information content (AvgIpc) is 2.07. The van der Waals surface area contributed by atoms with Crippen molar-refractivity contribution in [3.63, 3.8) is 0 Å². The fourth-order valence-electron chi connectivity index (χ4n) is 0.936. The van der Waals surface area contributed by atoms with E-state index in [9.17, 15) is 0 Å². The molecule has 0 N–H and O–H groups in total. The Labute approximate surface area is 72.2 Å². The van der Waals surface area contributed by atoms with Crippen molar-refractivity contribution in [1.29, 1.82) is 5.26 Å². The molecule has 60 valence electrons. The van der Waals surface area contributed by atoms with Crippen molar-refractivity contribution in [2.75, 3.05) is 0 Å². The van der Waals surface area contributed by atoms with Gasteiger partial charge in [-0.3, -0.25) is 4.98 Å². The highest BCUT2D eigenvalue weighted by Crippen LogP contribution is 2.13. The Morgan fingerprint density at radius 3 is 2.58 bits per heavy atom. The molecular weight excluding hydrogens is 148 g/mol. The zero-order chi connectivity index (χ0) is 8.97. The number of pyridine rings is 1. The zero-order valence-corrected chi connectivity index (χ0v) is 7.20. The third-order valence-electron chi connectivity index (χ3n) is 1.53. The van der Waals surface area contributed by atoms with Gasteiger partial charge in [-0.2, -0.15) is 5.26 Å². The maximum absolute atomic E-state index is 8.80. The zero-order valence-electron chi connectivity index (χ0n) is 7.20. The molecule has 1 rings (SSSR count). The van der Waals surface area contributed by atoms with Crippen LogP contribution in [0.15, 0.2) is 30.0 Å². The molecular formula is C10H10N2. The minimum atomic E-state index is 0.663. The van der Waals surface area contributed by atoms with Gasteiger partial charge < -0.3 is 0 Å². The number of hydrogen-bond acceptors (Lipinski definition) is 2. The Kier molecular flexibility index (Phi) is 2.60. The molecule has 0 amide bonds. The lowest BCUT2D eigenvalue weighted by Crippen LogP contribution is -1.87. The van der Waals surface area contributed by atoms with Crippen LogP contribution >= 0.6 is 0 Å². The summed E-state index contributed by atoms with van der Waals surface area (Å²) in [6, 6.07) is 7.69. The van der Waals surface area contributed by atoms with Gasteiger partial charge in [-0.15, -0.1) is 0 Å². The number of rotatable bonds is 1. The second-order valence-electron chi connectivity index (χ2n) is 2.70. The van der Waals surface area contributed by atoms with E-state index < -0.39 is 0 Å². The Hall–Kier alpha value is -1.62. The average molecular weight is 158 g/mol. The molecule has 1 aromatic rings. The molecule has 0 spiro atoms. The molecule has 0 aromatic carbocycles. The van der Waals surface area contributed by atoms with Crippen LogP contribution in [0, 0.1) is 11.3 Å². The van der Waals surface area contributed by atoms with E-state index in [1.54, 1.807) is 6.20 Å².